The van der Waals surface area contributed by atoms with Gasteiger partial charge in [0.05, 0.1) is 26.0 Å². The summed E-state index contributed by atoms with van der Waals surface area (Å²) in [6, 6.07) is 12.8. The van der Waals surface area contributed by atoms with Crippen LogP contribution in [0.4, 0.5) is 0 Å². The lowest BCUT2D eigenvalue weighted by Gasteiger charge is -2.23. The van der Waals surface area contributed by atoms with E-state index >= 15 is 0 Å². The molecule has 1 aliphatic rings. The minimum absolute atomic E-state index is 0.0995. The van der Waals surface area contributed by atoms with E-state index in [1.54, 1.807) is 26.2 Å². The number of hydrogen-bond acceptors (Lipinski definition) is 4. The molecule has 1 aliphatic heterocycles. The highest BCUT2D eigenvalue weighted by Crippen LogP contribution is 2.43. The van der Waals surface area contributed by atoms with Gasteiger partial charge in [0.15, 0.2) is 11.5 Å². The molecule has 2 heterocycles. The second kappa shape index (κ2) is 6.63. The van der Waals surface area contributed by atoms with Crippen LogP contribution in [0.25, 0.3) is 11.3 Å². The molecule has 1 N–H and O–H groups in total. The van der Waals surface area contributed by atoms with E-state index in [2.05, 4.69) is 10.2 Å². The molecule has 3 aromatic rings. The summed E-state index contributed by atoms with van der Waals surface area (Å²) in [5.74, 6) is 1.15. The number of methoxy groups -OCH3 is 2. The van der Waals surface area contributed by atoms with Crippen molar-refractivity contribution < 1.29 is 14.3 Å². The van der Waals surface area contributed by atoms with Gasteiger partial charge in [-0.2, -0.15) is 5.10 Å². The Labute approximate surface area is 161 Å². The van der Waals surface area contributed by atoms with Gasteiger partial charge in [-0.3, -0.25) is 9.89 Å². The van der Waals surface area contributed by atoms with E-state index in [-0.39, 0.29) is 11.9 Å². The SMILES string of the molecule is COc1ccc([C@@H]2c3c(-c4ccc(Cl)cc4)n[nH]c3C(=O)N2C)cc1OC. The van der Waals surface area contributed by atoms with Crippen molar-refractivity contribution in [2.45, 2.75) is 6.04 Å². The van der Waals surface area contributed by atoms with Crippen LogP contribution in [0.5, 0.6) is 11.5 Å². The van der Waals surface area contributed by atoms with Gasteiger partial charge in [0.2, 0.25) is 0 Å². The van der Waals surface area contributed by atoms with Gasteiger partial charge in [-0.25, -0.2) is 0 Å². The Kier molecular flexibility index (Phi) is 4.28. The number of ether oxygens (including phenoxy) is 2. The van der Waals surface area contributed by atoms with Crippen molar-refractivity contribution in [3.8, 4) is 22.8 Å². The van der Waals surface area contributed by atoms with Crippen LogP contribution in [0.3, 0.4) is 0 Å². The number of aromatic amines is 1. The summed E-state index contributed by atoms with van der Waals surface area (Å²) in [5.41, 5.74) is 3.89. The first kappa shape index (κ1) is 17.4. The predicted octanol–water partition coefficient (Wildman–Crippen LogP) is 3.92. The van der Waals surface area contributed by atoms with Crippen LogP contribution >= 0.6 is 11.6 Å². The fourth-order valence-corrected chi connectivity index (χ4v) is 3.63. The van der Waals surface area contributed by atoms with Gasteiger partial charge >= 0.3 is 0 Å². The van der Waals surface area contributed by atoms with Gasteiger partial charge < -0.3 is 14.4 Å². The molecule has 0 fully saturated rings. The Morgan fingerprint density at radius 3 is 2.44 bits per heavy atom. The third kappa shape index (κ3) is 2.73. The molecule has 7 heteroatoms. The molecule has 138 valence electrons. The maximum atomic E-state index is 12.7. The van der Waals surface area contributed by atoms with E-state index in [0.29, 0.717) is 22.2 Å². The smallest absolute Gasteiger partial charge is 0.272 e. The molecule has 0 radical (unpaired) electrons. The van der Waals surface area contributed by atoms with Crippen molar-refractivity contribution in [1.29, 1.82) is 0 Å². The second-order valence-corrected chi connectivity index (χ2v) is 6.74. The number of rotatable bonds is 4. The molecule has 27 heavy (non-hydrogen) atoms. The van der Waals surface area contributed by atoms with Gasteiger partial charge in [-0.1, -0.05) is 29.8 Å². The van der Waals surface area contributed by atoms with Gasteiger partial charge in [0, 0.05) is 23.2 Å². The maximum Gasteiger partial charge on any atom is 0.272 e. The predicted molar refractivity (Wildman–Crippen MR) is 103 cm³/mol. The molecule has 0 unspecified atom stereocenters. The zero-order valence-corrected chi connectivity index (χ0v) is 15.9. The average molecular weight is 384 g/mol. The van der Waals surface area contributed by atoms with E-state index in [9.17, 15) is 4.79 Å². The second-order valence-electron chi connectivity index (χ2n) is 6.30. The Morgan fingerprint density at radius 2 is 1.78 bits per heavy atom. The quantitative estimate of drug-likeness (QED) is 0.741. The number of nitrogens with zero attached hydrogens (tertiary/aromatic N) is 2. The molecule has 2 aromatic carbocycles. The van der Waals surface area contributed by atoms with Gasteiger partial charge in [0.1, 0.15) is 5.69 Å². The van der Waals surface area contributed by atoms with Crippen molar-refractivity contribution in [1.82, 2.24) is 15.1 Å². The van der Waals surface area contributed by atoms with Crippen LogP contribution in [-0.4, -0.2) is 42.3 Å². The summed E-state index contributed by atoms with van der Waals surface area (Å²) in [5, 5.41) is 7.95. The fraction of sp³-hybridized carbons (Fsp3) is 0.200. The number of aromatic nitrogens is 2. The zero-order valence-electron chi connectivity index (χ0n) is 15.1. The van der Waals surface area contributed by atoms with E-state index in [4.69, 9.17) is 21.1 Å². The minimum Gasteiger partial charge on any atom is -0.493 e. The summed E-state index contributed by atoms with van der Waals surface area (Å²) < 4.78 is 10.8. The lowest BCUT2D eigenvalue weighted by molar-refractivity contribution is 0.0787. The summed E-state index contributed by atoms with van der Waals surface area (Å²) in [7, 11) is 4.96. The van der Waals surface area contributed by atoms with Crippen LogP contribution in [0.2, 0.25) is 5.02 Å². The van der Waals surface area contributed by atoms with Crippen LogP contribution in [0.15, 0.2) is 42.5 Å². The molecule has 6 nitrogen and oxygen atoms in total. The topological polar surface area (TPSA) is 67.5 Å². The molecule has 1 amide bonds. The largest absolute Gasteiger partial charge is 0.493 e. The standard InChI is InChI=1S/C20H18ClN3O3/c1-24-19(12-6-9-14(26-2)15(10-12)27-3)16-17(22-23-18(16)20(24)25)11-4-7-13(21)8-5-11/h4-10,19H,1-3H3,(H,22,23)/t19-/m1/s1. The first-order valence-electron chi connectivity index (χ1n) is 8.38. The molecule has 0 aliphatic carbocycles. The van der Waals surface area contributed by atoms with Gasteiger partial charge in [0.25, 0.3) is 5.91 Å². The van der Waals surface area contributed by atoms with Crippen LogP contribution < -0.4 is 9.47 Å². The fourth-order valence-electron chi connectivity index (χ4n) is 3.51. The maximum absolute atomic E-state index is 12.7. The van der Waals surface area contributed by atoms with Gasteiger partial charge in [-0.15, -0.1) is 0 Å². The van der Waals surface area contributed by atoms with Crippen molar-refractivity contribution in [2.75, 3.05) is 21.3 Å². The van der Waals surface area contributed by atoms with E-state index < -0.39 is 0 Å². The van der Waals surface area contributed by atoms with Crippen molar-refractivity contribution in [3.63, 3.8) is 0 Å². The molecule has 4 rings (SSSR count). The summed E-state index contributed by atoms with van der Waals surface area (Å²) in [6.45, 7) is 0. The first-order chi connectivity index (χ1) is 13.0. The van der Waals surface area contributed by atoms with E-state index in [1.807, 2.05) is 42.5 Å². The number of halogens is 1. The molecule has 0 spiro atoms. The lowest BCUT2D eigenvalue weighted by Crippen LogP contribution is -2.24. The highest BCUT2D eigenvalue weighted by atomic mass is 35.5. The Hall–Kier alpha value is -2.99. The summed E-state index contributed by atoms with van der Waals surface area (Å²) in [4.78, 5) is 14.4. The van der Waals surface area contributed by atoms with Crippen molar-refractivity contribution in [2.24, 2.45) is 0 Å². The van der Waals surface area contributed by atoms with Crippen LogP contribution in [0.1, 0.15) is 27.7 Å². The number of benzene rings is 2. The van der Waals surface area contributed by atoms with Crippen molar-refractivity contribution >= 4 is 17.5 Å². The lowest BCUT2D eigenvalue weighted by atomic mass is 9.96. The van der Waals surface area contributed by atoms with E-state index in [1.165, 1.54) is 0 Å². The highest BCUT2D eigenvalue weighted by Gasteiger charge is 2.40. The molecule has 1 atom stereocenters. The minimum atomic E-state index is -0.281. The molecule has 0 bridgehead atoms. The molecule has 0 saturated heterocycles. The third-order valence-corrected chi connectivity index (χ3v) is 5.09. The number of carbonyl (C=O) groups excluding carboxylic acids is 1. The summed E-state index contributed by atoms with van der Waals surface area (Å²) >= 11 is 6.01. The normalized spacial score (nSPS) is 15.8. The average Bonchev–Trinajstić information content (AvgIpc) is 3.21. The molecule has 0 saturated carbocycles. The zero-order chi connectivity index (χ0) is 19.1. The number of H-pyrrole nitrogens is 1. The van der Waals surface area contributed by atoms with Gasteiger partial charge in [-0.05, 0) is 29.8 Å². The van der Waals surface area contributed by atoms with Crippen molar-refractivity contribution in [3.05, 3.63) is 64.3 Å². The number of fused-ring (bicyclic) bond motifs is 1. The Balaban J connectivity index is 1.86. The molecule has 1 aromatic heterocycles. The first-order valence-corrected chi connectivity index (χ1v) is 8.76. The number of nitrogens with one attached hydrogen (secondary N) is 1. The number of hydrogen-bond donors (Lipinski definition) is 1. The Bertz CT molecular complexity index is 1010. The number of amides is 1. The third-order valence-electron chi connectivity index (χ3n) is 4.84. The molecular weight excluding hydrogens is 366 g/mol. The van der Waals surface area contributed by atoms with Crippen LogP contribution in [-0.2, 0) is 0 Å². The van der Waals surface area contributed by atoms with Crippen LogP contribution in [0, 0.1) is 0 Å². The monoisotopic (exact) mass is 383 g/mol. The number of carbonyl (C=O) groups is 1. The Morgan fingerprint density at radius 1 is 1.07 bits per heavy atom. The summed E-state index contributed by atoms with van der Waals surface area (Å²) in [6.07, 6.45) is 0. The highest BCUT2D eigenvalue weighted by molar-refractivity contribution is 6.30. The molecular formula is C20H18ClN3O3. The van der Waals surface area contributed by atoms with E-state index in [0.717, 1.165) is 22.4 Å².